The summed E-state index contributed by atoms with van der Waals surface area (Å²) in [4.78, 5) is 40.0. The molecule has 0 aliphatic rings. The third kappa shape index (κ3) is 6.02. The van der Waals surface area contributed by atoms with Gasteiger partial charge in [0.2, 0.25) is 5.78 Å². The quantitative estimate of drug-likeness (QED) is 0.279. The van der Waals surface area contributed by atoms with Gasteiger partial charge in [-0.15, -0.1) is 0 Å². The molecule has 0 fully saturated rings. The predicted molar refractivity (Wildman–Crippen MR) is 119 cm³/mol. The van der Waals surface area contributed by atoms with Crippen LogP contribution in [0.1, 0.15) is 52.1 Å². The minimum absolute atomic E-state index is 0.0736. The Morgan fingerprint density at radius 2 is 1.48 bits per heavy atom. The number of carbonyl (C=O) groups is 3. The molecule has 0 atom stereocenters. The largest absolute Gasteiger partial charge is 0.478 e. The van der Waals surface area contributed by atoms with E-state index in [1.54, 1.807) is 6.92 Å². The number of carbonyl (C=O) groups excluding carboxylic acids is 2. The molecule has 2 aromatic carbocycles. The molecular weight excluding hydrogens is 396 g/mol. The highest BCUT2D eigenvalue weighted by atomic mass is 16.4. The van der Waals surface area contributed by atoms with E-state index in [4.69, 9.17) is 10.8 Å². The van der Waals surface area contributed by atoms with E-state index in [1.165, 1.54) is 36.9 Å². The molecule has 2 aromatic rings. The molecule has 0 saturated carbocycles. The molecule has 162 valence electrons. The zero-order chi connectivity index (χ0) is 23.0. The van der Waals surface area contributed by atoms with E-state index in [0.717, 1.165) is 12.8 Å². The number of nitrogens with two attached hydrogens (primary N) is 1. The number of carboxylic acid groups (broad SMARTS) is 1. The Labute approximate surface area is 180 Å². The van der Waals surface area contributed by atoms with Crippen molar-refractivity contribution in [2.45, 2.75) is 26.7 Å². The topological polar surface area (TPSA) is 134 Å². The van der Waals surface area contributed by atoms with E-state index in [9.17, 15) is 14.4 Å². The summed E-state index contributed by atoms with van der Waals surface area (Å²) in [6.07, 6.45) is 1.99. The SMILES string of the molecule is CCCc1ccc(C(=NC)C(=O)C(N)=C(C)NNC(=O)c2ccc(C(=O)O)cc2)cc1. The number of aromatic carboxylic acids is 1. The number of rotatable bonds is 9. The van der Waals surface area contributed by atoms with Crippen LogP contribution in [0.15, 0.2) is 64.9 Å². The average Bonchev–Trinajstić information content (AvgIpc) is 2.78. The Morgan fingerprint density at radius 1 is 0.935 bits per heavy atom. The van der Waals surface area contributed by atoms with E-state index in [0.29, 0.717) is 5.56 Å². The van der Waals surface area contributed by atoms with Crippen LogP contribution in [0.4, 0.5) is 0 Å². The molecule has 0 spiro atoms. The van der Waals surface area contributed by atoms with Crippen LogP contribution in [-0.4, -0.2) is 35.5 Å². The van der Waals surface area contributed by atoms with Gasteiger partial charge in [0.25, 0.3) is 5.91 Å². The fourth-order valence-electron chi connectivity index (χ4n) is 2.83. The van der Waals surface area contributed by atoms with Crippen molar-refractivity contribution in [2.75, 3.05) is 7.05 Å². The fraction of sp³-hybridized carbons (Fsp3) is 0.217. The molecule has 8 nitrogen and oxygen atoms in total. The van der Waals surface area contributed by atoms with E-state index in [-0.39, 0.29) is 28.2 Å². The second-order valence-corrected chi connectivity index (χ2v) is 6.85. The van der Waals surface area contributed by atoms with Crippen LogP contribution in [-0.2, 0) is 11.2 Å². The Balaban J connectivity index is 2.08. The van der Waals surface area contributed by atoms with E-state index < -0.39 is 17.7 Å². The normalized spacial score (nSPS) is 12.0. The molecule has 0 bridgehead atoms. The molecule has 0 heterocycles. The van der Waals surface area contributed by atoms with E-state index in [1.807, 2.05) is 24.3 Å². The standard InChI is InChI=1S/C23H26N4O4/c1-4-5-15-6-8-16(9-7-15)20(25-3)21(28)19(24)14(2)26-27-22(29)17-10-12-18(13-11-17)23(30)31/h6-13,26H,4-5,24H2,1-3H3,(H,27,29)(H,30,31). The van der Waals surface area contributed by atoms with Crippen LogP contribution >= 0.6 is 0 Å². The lowest BCUT2D eigenvalue weighted by atomic mass is 10.0. The first kappa shape index (κ1) is 23.3. The van der Waals surface area contributed by atoms with Crippen molar-refractivity contribution in [3.8, 4) is 0 Å². The second-order valence-electron chi connectivity index (χ2n) is 6.85. The lowest BCUT2D eigenvalue weighted by Gasteiger charge is -2.13. The van der Waals surface area contributed by atoms with Crippen LogP contribution in [0.25, 0.3) is 0 Å². The van der Waals surface area contributed by atoms with Crippen LogP contribution < -0.4 is 16.6 Å². The zero-order valence-corrected chi connectivity index (χ0v) is 17.7. The Kier molecular flexibility index (Phi) is 8.08. The monoisotopic (exact) mass is 422 g/mol. The van der Waals surface area contributed by atoms with Gasteiger partial charge in [-0.3, -0.25) is 20.0 Å². The highest BCUT2D eigenvalue weighted by Gasteiger charge is 2.18. The second kappa shape index (κ2) is 10.7. The number of amides is 1. The van der Waals surface area contributed by atoms with Gasteiger partial charge in [0.1, 0.15) is 11.4 Å². The number of hydrogen-bond donors (Lipinski definition) is 4. The summed E-state index contributed by atoms with van der Waals surface area (Å²) in [6, 6.07) is 13.0. The van der Waals surface area contributed by atoms with Crippen molar-refractivity contribution in [1.29, 1.82) is 0 Å². The third-order valence-corrected chi connectivity index (χ3v) is 4.61. The summed E-state index contributed by atoms with van der Waals surface area (Å²) < 4.78 is 0. The Hall–Kier alpha value is -3.94. The minimum atomic E-state index is -1.08. The van der Waals surface area contributed by atoms with Crippen LogP contribution in [0.5, 0.6) is 0 Å². The predicted octanol–water partition coefficient (Wildman–Crippen LogP) is 2.45. The lowest BCUT2D eigenvalue weighted by molar-refractivity contribution is -0.109. The molecule has 2 rings (SSSR count). The summed E-state index contributed by atoms with van der Waals surface area (Å²) >= 11 is 0. The minimum Gasteiger partial charge on any atom is -0.478 e. The number of aliphatic imine (C=N–C) groups is 1. The molecule has 8 heteroatoms. The smallest absolute Gasteiger partial charge is 0.335 e. The van der Waals surface area contributed by atoms with Gasteiger partial charge in [-0.2, -0.15) is 0 Å². The zero-order valence-electron chi connectivity index (χ0n) is 17.7. The number of carboxylic acids is 1. The van der Waals surface area contributed by atoms with Gasteiger partial charge < -0.3 is 16.3 Å². The highest BCUT2D eigenvalue weighted by molar-refractivity contribution is 6.51. The average molecular weight is 422 g/mol. The van der Waals surface area contributed by atoms with Crippen LogP contribution in [0.3, 0.4) is 0 Å². The maximum absolute atomic E-state index is 12.8. The summed E-state index contributed by atoms with van der Waals surface area (Å²) in [5.41, 5.74) is 13.6. The maximum atomic E-state index is 12.8. The highest BCUT2D eigenvalue weighted by Crippen LogP contribution is 2.11. The van der Waals surface area contributed by atoms with Crippen LogP contribution in [0, 0.1) is 0 Å². The number of hydrogen-bond acceptors (Lipinski definition) is 6. The van der Waals surface area contributed by atoms with Crippen LogP contribution in [0.2, 0.25) is 0 Å². The van der Waals surface area contributed by atoms with Crippen molar-refractivity contribution < 1.29 is 19.5 Å². The molecule has 31 heavy (non-hydrogen) atoms. The number of allylic oxidation sites excluding steroid dienone is 2. The van der Waals surface area contributed by atoms with Gasteiger partial charge in [-0.1, -0.05) is 37.6 Å². The van der Waals surface area contributed by atoms with Crippen molar-refractivity contribution >= 4 is 23.4 Å². The van der Waals surface area contributed by atoms with Crippen molar-refractivity contribution in [1.82, 2.24) is 10.9 Å². The molecular formula is C23H26N4O4. The van der Waals surface area contributed by atoms with Gasteiger partial charge in [-0.25, -0.2) is 4.79 Å². The van der Waals surface area contributed by atoms with Gasteiger partial charge in [0.05, 0.1) is 11.3 Å². The first-order valence-electron chi connectivity index (χ1n) is 9.75. The first-order chi connectivity index (χ1) is 14.8. The number of nitrogens with zero attached hydrogens (tertiary/aromatic N) is 1. The summed E-state index contributed by atoms with van der Waals surface area (Å²) in [5, 5.41) is 8.91. The van der Waals surface area contributed by atoms with Crippen molar-refractivity contribution in [3.63, 3.8) is 0 Å². The van der Waals surface area contributed by atoms with E-state index >= 15 is 0 Å². The Bertz CT molecular complexity index is 1020. The maximum Gasteiger partial charge on any atom is 0.335 e. The van der Waals surface area contributed by atoms with Crippen molar-refractivity contribution in [3.05, 3.63) is 82.2 Å². The fourth-order valence-corrected chi connectivity index (χ4v) is 2.83. The molecule has 0 aliphatic heterocycles. The number of hydrazine groups is 1. The molecule has 5 N–H and O–H groups in total. The van der Waals surface area contributed by atoms with Gasteiger partial charge in [-0.05, 0) is 43.2 Å². The van der Waals surface area contributed by atoms with Crippen molar-refractivity contribution in [2.24, 2.45) is 10.7 Å². The number of Topliss-reactive ketones (excluding diaryl/α,β-unsaturated/α-hetero) is 1. The third-order valence-electron chi connectivity index (χ3n) is 4.61. The summed E-state index contributed by atoms with van der Waals surface area (Å²) in [7, 11) is 1.52. The summed E-state index contributed by atoms with van der Waals surface area (Å²) in [5.74, 6) is -2.05. The molecule has 0 saturated heterocycles. The molecule has 1 amide bonds. The van der Waals surface area contributed by atoms with E-state index in [2.05, 4.69) is 22.8 Å². The molecule has 0 radical (unpaired) electrons. The summed E-state index contributed by atoms with van der Waals surface area (Å²) in [6.45, 7) is 3.65. The number of aryl methyl sites for hydroxylation is 1. The number of ketones is 1. The first-order valence-corrected chi connectivity index (χ1v) is 9.75. The Morgan fingerprint density at radius 3 is 2.00 bits per heavy atom. The molecule has 0 aromatic heterocycles. The van der Waals surface area contributed by atoms with Gasteiger partial charge in [0.15, 0.2) is 0 Å². The lowest BCUT2D eigenvalue weighted by Crippen LogP contribution is -2.38. The number of benzene rings is 2. The van der Waals surface area contributed by atoms with Gasteiger partial charge >= 0.3 is 5.97 Å². The molecule has 0 aliphatic carbocycles. The number of nitrogens with one attached hydrogen (secondary N) is 2. The van der Waals surface area contributed by atoms with Gasteiger partial charge in [0, 0.05) is 18.2 Å². The molecule has 0 unspecified atom stereocenters.